The standard InChI is InChI=1S/C14H18F3N/c1-10(8-13-6-3-7-18-13)11-4-2-5-12(9-11)14(15,16)17/h2,4-5,9-10,13,18H,3,6-8H2,1H3. The smallest absolute Gasteiger partial charge is 0.314 e. The largest absolute Gasteiger partial charge is 0.416 e. The van der Waals surface area contributed by atoms with Gasteiger partial charge in [0.05, 0.1) is 5.56 Å². The SMILES string of the molecule is CC(CC1CCCN1)c1cccc(C(F)(F)F)c1. The zero-order chi connectivity index (χ0) is 13.2. The Morgan fingerprint density at radius 1 is 1.39 bits per heavy atom. The van der Waals surface area contributed by atoms with Crippen LogP contribution in [-0.4, -0.2) is 12.6 Å². The van der Waals surface area contributed by atoms with Crippen molar-refractivity contribution in [3.63, 3.8) is 0 Å². The van der Waals surface area contributed by atoms with Gasteiger partial charge in [0.25, 0.3) is 0 Å². The maximum atomic E-state index is 12.6. The Kier molecular flexibility index (Phi) is 3.95. The minimum Gasteiger partial charge on any atom is -0.314 e. The lowest BCUT2D eigenvalue weighted by atomic mass is 9.92. The first-order chi connectivity index (χ1) is 8.47. The molecule has 1 fully saturated rings. The molecule has 1 N–H and O–H groups in total. The number of rotatable bonds is 3. The van der Waals surface area contributed by atoms with Crippen molar-refractivity contribution < 1.29 is 13.2 Å². The molecule has 1 aliphatic rings. The third-order valence-electron chi connectivity index (χ3n) is 3.58. The molecular formula is C14H18F3N. The second-order valence-electron chi connectivity index (χ2n) is 5.05. The van der Waals surface area contributed by atoms with E-state index in [1.54, 1.807) is 6.07 Å². The van der Waals surface area contributed by atoms with Crippen molar-refractivity contribution in [2.24, 2.45) is 0 Å². The van der Waals surface area contributed by atoms with Crippen LogP contribution in [0.25, 0.3) is 0 Å². The molecule has 100 valence electrons. The van der Waals surface area contributed by atoms with Gasteiger partial charge in [0.2, 0.25) is 0 Å². The average Bonchev–Trinajstić information content (AvgIpc) is 2.81. The van der Waals surface area contributed by atoms with Crippen LogP contribution in [0.3, 0.4) is 0 Å². The Hall–Kier alpha value is -1.03. The molecule has 0 aromatic heterocycles. The fraction of sp³-hybridized carbons (Fsp3) is 0.571. The van der Waals surface area contributed by atoms with Gasteiger partial charge in [-0.25, -0.2) is 0 Å². The fourth-order valence-electron chi connectivity index (χ4n) is 2.54. The summed E-state index contributed by atoms with van der Waals surface area (Å²) in [5.74, 6) is 0.155. The number of hydrogen-bond acceptors (Lipinski definition) is 1. The maximum Gasteiger partial charge on any atom is 0.416 e. The zero-order valence-corrected chi connectivity index (χ0v) is 10.4. The van der Waals surface area contributed by atoms with E-state index in [2.05, 4.69) is 5.32 Å². The van der Waals surface area contributed by atoms with Crippen molar-refractivity contribution in [2.45, 2.75) is 44.3 Å². The summed E-state index contributed by atoms with van der Waals surface area (Å²) in [7, 11) is 0. The van der Waals surface area contributed by atoms with Gasteiger partial charge in [-0.05, 0) is 43.4 Å². The van der Waals surface area contributed by atoms with E-state index < -0.39 is 11.7 Å². The molecule has 1 nitrogen and oxygen atoms in total. The van der Waals surface area contributed by atoms with E-state index >= 15 is 0 Å². The van der Waals surface area contributed by atoms with Gasteiger partial charge in [-0.3, -0.25) is 0 Å². The molecule has 1 aromatic carbocycles. The van der Waals surface area contributed by atoms with Crippen molar-refractivity contribution in [1.82, 2.24) is 5.32 Å². The van der Waals surface area contributed by atoms with Crippen LogP contribution in [0, 0.1) is 0 Å². The van der Waals surface area contributed by atoms with E-state index in [1.165, 1.54) is 18.6 Å². The van der Waals surface area contributed by atoms with Crippen LogP contribution < -0.4 is 5.32 Å². The Morgan fingerprint density at radius 3 is 2.78 bits per heavy atom. The number of benzene rings is 1. The molecule has 2 atom stereocenters. The average molecular weight is 257 g/mol. The third-order valence-corrected chi connectivity index (χ3v) is 3.58. The van der Waals surface area contributed by atoms with Gasteiger partial charge in [0.1, 0.15) is 0 Å². The molecule has 2 rings (SSSR count). The Morgan fingerprint density at radius 2 is 2.17 bits per heavy atom. The van der Waals surface area contributed by atoms with Crippen LogP contribution in [0.5, 0.6) is 0 Å². The first-order valence-electron chi connectivity index (χ1n) is 6.37. The van der Waals surface area contributed by atoms with Crippen molar-refractivity contribution >= 4 is 0 Å². The topological polar surface area (TPSA) is 12.0 Å². The minimum absolute atomic E-state index is 0.155. The summed E-state index contributed by atoms with van der Waals surface area (Å²) in [6.07, 6.45) is -1.05. The summed E-state index contributed by atoms with van der Waals surface area (Å²) in [5, 5.41) is 3.38. The summed E-state index contributed by atoms with van der Waals surface area (Å²) in [6, 6.07) is 6.14. The summed E-state index contributed by atoms with van der Waals surface area (Å²) in [6.45, 7) is 3.02. The second-order valence-corrected chi connectivity index (χ2v) is 5.05. The minimum atomic E-state index is -4.25. The highest BCUT2D eigenvalue weighted by molar-refractivity contribution is 5.28. The molecule has 1 heterocycles. The fourth-order valence-corrected chi connectivity index (χ4v) is 2.54. The summed E-state index contributed by atoms with van der Waals surface area (Å²) < 4.78 is 37.9. The van der Waals surface area contributed by atoms with E-state index in [0.717, 1.165) is 31.0 Å². The van der Waals surface area contributed by atoms with Crippen LogP contribution in [0.15, 0.2) is 24.3 Å². The summed E-state index contributed by atoms with van der Waals surface area (Å²) in [4.78, 5) is 0. The van der Waals surface area contributed by atoms with Gasteiger partial charge in [-0.1, -0.05) is 25.1 Å². The van der Waals surface area contributed by atoms with Crippen molar-refractivity contribution in [1.29, 1.82) is 0 Å². The quantitative estimate of drug-likeness (QED) is 0.864. The molecule has 1 aromatic rings. The normalized spacial score (nSPS) is 22.1. The predicted octanol–water partition coefficient (Wildman–Crippen LogP) is 3.95. The number of hydrogen-bond donors (Lipinski definition) is 1. The Balaban J connectivity index is 2.07. The lowest BCUT2D eigenvalue weighted by Crippen LogP contribution is -2.23. The molecule has 4 heteroatoms. The highest BCUT2D eigenvalue weighted by Crippen LogP contribution is 2.32. The number of alkyl halides is 3. The molecule has 0 radical (unpaired) electrons. The van der Waals surface area contributed by atoms with Gasteiger partial charge >= 0.3 is 6.18 Å². The molecular weight excluding hydrogens is 239 g/mol. The van der Waals surface area contributed by atoms with Crippen molar-refractivity contribution in [3.8, 4) is 0 Å². The van der Waals surface area contributed by atoms with Gasteiger partial charge in [-0.15, -0.1) is 0 Å². The van der Waals surface area contributed by atoms with Crippen molar-refractivity contribution in [2.75, 3.05) is 6.54 Å². The molecule has 0 spiro atoms. The second kappa shape index (κ2) is 5.31. The van der Waals surface area contributed by atoms with E-state index in [1.807, 2.05) is 6.92 Å². The van der Waals surface area contributed by atoms with Crippen LogP contribution in [0.1, 0.15) is 43.2 Å². The first kappa shape index (κ1) is 13.4. The predicted molar refractivity (Wildman–Crippen MR) is 65.5 cm³/mol. The monoisotopic (exact) mass is 257 g/mol. The highest BCUT2D eigenvalue weighted by atomic mass is 19.4. The van der Waals surface area contributed by atoms with Crippen LogP contribution in [0.4, 0.5) is 13.2 Å². The highest BCUT2D eigenvalue weighted by Gasteiger charge is 2.30. The lowest BCUT2D eigenvalue weighted by Gasteiger charge is -2.18. The van der Waals surface area contributed by atoms with Crippen molar-refractivity contribution in [3.05, 3.63) is 35.4 Å². The number of nitrogens with one attached hydrogen (secondary N) is 1. The number of halogens is 3. The zero-order valence-electron chi connectivity index (χ0n) is 10.4. The van der Waals surface area contributed by atoms with E-state index in [0.29, 0.717) is 6.04 Å². The molecule has 0 aliphatic carbocycles. The maximum absolute atomic E-state index is 12.6. The molecule has 18 heavy (non-hydrogen) atoms. The molecule has 0 bridgehead atoms. The molecule has 1 aliphatic heterocycles. The third kappa shape index (κ3) is 3.25. The van der Waals surface area contributed by atoms with Gasteiger partial charge in [0.15, 0.2) is 0 Å². The molecule has 2 unspecified atom stereocenters. The lowest BCUT2D eigenvalue weighted by molar-refractivity contribution is -0.137. The van der Waals surface area contributed by atoms with Crippen LogP contribution in [0.2, 0.25) is 0 Å². The molecule has 0 saturated carbocycles. The van der Waals surface area contributed by atoms with E-state index in [4.69, 9.17) is 0 Å². The summed E-state index contributed by atoms with van der Waals surface area (Å²) in [5.41, 5.74) is 0.227. The van der Waals surface area contributed by atoms with E-state index in [9.17, 15) is 13.2 Å². The van der Waals surface area contributed by atoms with E-state index in [-0.39, 0.29) is 5.92 Å². The summed E-state index contributed by atoms with van der Waals surface area (Å²) >= 11 is 0. The van der Waals surface area contributed by atoms with Crippen LogP contribution in [-0.2, 0) is 6.18 Å². The van der Waals surface area contributed by atoms with Gasteiger partial charge in [-0.2, -0.15) is 13.2 Å². The molecule has 0 amide bonds. The Labute approximate surface area is 105 Å². The Bertz CT molecular complexity index is 394. The van der Waals surface area contributed by atoms with Crippen LogP contribution >= 0.6 is 0 Å². The molecule has 1 saturated heterocycles. The first-order valence-corrected chi connectivity index (χ1v) is 6.37. The van der Waals surface area contributed by atoms with Gasteiger partial charge < -0.3 is 5.32 Å². The van der Waals surface area contributed by atoms with Gasteiger partial charge in [0, 0.05) is 6.04 Å².